The van der Waals surface area contributed by atoms with Crippen molar-refractivity contribution in [2.45, 2.75) is 96.6 Å². The summed E-state index contributed by atoms with van der Waals surface area (Å²) in [7, 11) is -0.128. The van der Waals surface area contributed by atoms with Crippen LogP contribution in [-0.2, 0) is 32.5 Å². The molecular weight excluding hydrogens is 562 g/mol. The van der Waals surface area contributed by atoms with Crippen LogP contribution in [-0.4, -0.2) is 63.0 Å². The Morgan fingerprint density at radius 1 is 1.02 bits per heavy atom. The molecule has 0 atom stereocenters. The van der Waals surface area contributed by atoms with Crippen LogP contribution in [0.5, 0.6) is 0 Å². The van der Waals surface area contributed by atoms with Crippen LogP contribution in [0.2, 0.25) is 0 Å². The quantitative estimate of drug-likeness (QED) is 0.314. The molecule has 1 aliphatic rings. The average molecular weight is 612 g/mol. The molecule has 9 heteroatoms. The number of nitrogens with one attached hydrogen (secondary N) is 1. The van der Waals surface area contributed by atoms with Crippen LogP contribution in [0.4, 0.5) is 4.79 Å². The summed E-state index contributed by atoms with van der Waals surface area (Å²) in [6, 6.07) is 10.8. The molecule has 1 N–H and O–H groups in total. The van der Waals surface area contributed by atoms with Crippen molar-refractivity contribution in [2.24, 2.45) is 0 Å². The molecule has 0 saturated carbocycles. The minimum absolute atomic E-state index is 0.0527. The molecule has 1 heterocycles. The van der Waals surface area contributed by atoms with Crippen molar-refractivity contribution in [1.82, 2.24) is 14.5 Å². The fraction of sp³-hybridized carbons (Fsp3) is 0.529. The molecule has 0 spiro atoms. The van der Waals surface area contributed by atoms with Gasteiger partial charge in [0.1, 0.15) is 5.60 Å². The summed E-state index contributed by atoms with van der Waals surface area (Å²) in [6.07, 6.45) is 3.25. The fourth-order valence-corrected chi connectivity index (χ4v) is 6.15. The van der Waals surface area contributed by atoms with E-state index in [2.05, 4.69) is 50.6 Å². The van der Waals surface area contributed by atoms with Gasteiger partial charge in [-0.05, 0) is 98.1 Å². The molecule has 0 fully saturated rings. The van der Waals surface area contributed by atoms with E-state index in [4.69, 9.17) is 4.74 Å². The Morgan fingerprint density at radius 3 is 2.12 bits per heavy atom. The van der Waals surface area contributed by atoms with Crippen LogP contribution >= 0.6 is 0 Å². The van der Waals surface area contributed by atoms with Gasteiger partial charge in [-0.2, -0.15) is 0 Å². The average Bonchev–Trinajstić information content (AvgIpc) is 2.92. The maximum absolute atomic E-state index is 13.2. The van der Waals surface area contributed by atoms with Crippen LogP contribution in [0.15, 0.2) is 47.4 Å². The highest BCUT2D eigenvalue weighted by atomic mass is 32.2. The molecule has 2 amide bonds. The third-order valence-electron chi connectivity index (χ3n) is 7.88. The van der Waals surface area contributed by atoms with Gasteiger partial charge in [-0.1, -0.05) is 65.0 Å². The molecule has 0 aromatic heterocycles. The van der Waals surface area contributed by atoms with Gasteiger partial charge >= 0.3 is 6.09 Å². The van der Waals surface area contributed by atoms with Crippen LogP contribution in [0.3, 0.4) is 0 Å². The maximum atomic E-state index is 13.2. The van der Waals surface area contributed by atoms with E-state index >= 15 is 0 Å². The van der Waals surface area contributed by atoms with Crippen LogP contribution < -0.4 is 4.72 Å². The summed E-state index contributed by atoms with van der Waals surface area (Å²) in [5.41, 5.74) is 5.34. The standard InChI is InChI=1S/C34H49N3O5S/c1-10-34(6,7)42-33(39)37-17-11-12-26(22-37)27-18-29(23(2)3)31(30(19-27)24(4)5)20-32(38)35-43(40,41)28-15-13-25(14-16-28)21-36(8)9/h12-16,18-19,23-24H,10-11,17,20-22H2,1-9H3,(H,35,38). The topological polar surface area (TPSA) is 96.0 Å². The van der Waals surface area contributed by atoms with E-state index in [0.717, 1.165) is 46.2 Å². The Kier molecular flexibility index (Phi) is 11.2. The highest BCUT2D eigenvalue weighted by molar-refractivity contribution is 7.90. The summed E-state index contributed by atoms with van der Waals surface area (Å²) >= 11 is 0. The van der Waals surface area contributed by atoms with Crippen molar-refractivity contribution in [2.75, 3.05) is 27.2 Å². The van der Waals surface area contributed by atoms with Gasteiger partial charge in [0, 0.05) is 19.6 Å². The number of carbonyl (C=O) groups excluding carboxylic acids is 2. The first kappa shape index (κ1) is 34.3. The van der Waals surface area contributed by atoms with E-state index in [0.29, 0.717) is 19.6 Å². The molecule has 0 saturated heterocycles. The lowest BCUT2D eigenvalue weighted by atomic mass is 9.83. The van der Waals surface area contributed by atoms with Crippen molar-refractivity contribution >= 4 is 27.6 Å². The molecule has 0 aliphatic carbocycles. The minimum atomic E-state index is -4.02. The van der Waals surface area contributed by atoms with Crippen molar-refractivity contribution in [3.8, 4) is 0 Å². The molecule has 2 aromatic carbocycles. The highest BCUT2D eigenvalue weighted by Gasteiger charge is 2.28. The lowest BCUT2D eigenvalue weighted by Gasteiger charge is -2.32. The number of sulfonamides is 1. The zero-order valence-corrected chi connectivity index (χ0v) is 28.1. The number of nitrogens with zero attached hydrogens (tertiary/aromatic N) is 2. The number of carbonyl (C=O) groups is 2. The lowest BCUT2D eigenvalue weighted by Crippen LogP contribution is -2.40. The van der Waals surface area contributed by atoms with E-state index < -0.39 is 21.5 Å². The van der Waals surface area contributed by atoms with E-state index in [1.54, 1.807) is 17.0 Å². The highest BCUT2D eigenvalue weighted by Crippen LogP contribution is 2.34. The van der Waals surface area contributed by atoms with Gasteiger partial charge < -0.3 is 14.5 Å². The summed E-state index contributed by atoms with van der Waals surface area (Å²) in [5.74, 6) is -0.383. The smallest absolute Gasteiger partial charge is 0.410 e. The molecule has 236 valence electrons. The predicted octanol–water partition coefficient (Wildman–Crippen LogP) is 6.46. The first-order valence-electron chi connectivity index (χ1n) is 15.2. The second-order valence-electron chi connectivity index (χ2n) is 13.0. The second kappa shape index (κ2) is 14.1. The molecule has 0 bridgehead atoms. The molecule has 2 aromatic rings. The van der Waals surface area contributed by atoms with Gasteiger partial charge in [0.15, 0.2) is 0 Å². The SMILES string of the molecule is CCC(C)(C)OC(=O)N1CCC=C(c2cc(C(C)C)c(CC(=O)NS(=O)(=O)c3ccc(CN(C)C)cc3)c(C(C)C)c2)C1. The number of amides is 2. The Labute approximate surface area is 258 Å². The number of hydrogen-bond donors (Lipinski definition) is 1. The van der Waals surface area contributed by atoms with Gasteiger partial charge in [0.25, 0.3) is 10.0 Å². The number of ether oxygens (including phenoxy) is 1. The molecule has 0 unspecified atom stereocenters. The van der Waals surface area contributed by atoms with E-state index in [1.807, 2.05) is 39.8 Å². The molecule has 1 aliphatic heterocycles. The first-order chi connectivity index (χ1) is 20.0. The summed E-state index contributed by atoms with van der Waals surface area (Å²) < 4.78 is 34.2. The normalized spacial score (nSPS) is 14.3. The largest absolute Gasteiger partial charge is 0.443 e. The fourth-order valence-electron chi connectivity index (χ4n) is 5.16. The van der Waals surface area contributed by atoms with Gasteiger partial charge in [-0.15, -0.1) is 0 Å². The third-order valence-corrected chi connectivity index (χ3v) is 9.27. The van der Waals surface area contributed by atoms with Crippen molar-refractivity contribution in [3.05, 3.63) is 70.3 Å². The van der Waals surface area contributed by atoms with Crippen LogP contribution in [0.25, 0.3) is 5.57 Å². The predicted molar refractivity (Wildman–Crippen MR) is 173 cm³/mol. The van der Waals surface area contributed by atoms with E-state index in [-0.39, 0.29) is 29.2 Å². The zero-order chi connectivity index (χ0) is 32.1. The molecular formula is C34H49N3O5S. The van der Waals surface area contributed by atoms with E-state index in [1.165, 1.54) is 12.1 Å². The van der Waals surface area contributed by atoms with Gasteiger partial charge in [-0.3, -0.25) is 4.79 Å². The van der Waals surface area contributed by atoms with Crippen molar-refractivity contribution in [1.29, 1.82) is 0 Å². The molecule has 3 rings (SSSR count). The van der Waals surface area contributed by atoms with Crippen LogP contribution in [0.1, 0.15) is 101 Å². The monoisotopic (exact) mass is 611 g/mol. The van der Waals surface area contributed by atoms with Gasteiger partial charge in [-0.25, -0.2) is 17.9 Å². The van der Waals surface area contributed by atoms with Crippen molar-refractivity contribution < 1.29 is 22.7 Å². The summed E-state index contributed by atoms with van der Waals surface area (Å²) in [5, 5.41) is 0. The Morgan fingerprint density at radius 2 is 1.60 bits per heavy atom. The number of hydrogen-bond acceptors (Lipinski definition) is 6. The first-order valence-corrected chi connectivity index (χ1v) is 16.6. The number of rotatable bonds is 11. The summed E-state index contributed by atoms with van der Waals surface area (Å²) in [6.45, 7) is 15.8. The van der Waals surface area contributed by atoms with E-state index in [9.17, 15) is 18.0 Å². The molecule has 8 nitrogen and oxygen atoms in total. The Bertz CT molecular complexity index is 1410. The lowest BCUT2D eigenvalue weighted by molar-refractivity contribution is -0.118. The summed E-state index contributed by atoms with van der Waals surface area (Å²) in [4.78, 5) is 30.0. The molecule has 43 heavy (non-hydrogen) atoms. The molecule has 0 radical (unpaired) electrons. The Hall–Kier alpha value is -3.17. The minimum Gasteiger partial charge on any atom is -0.443 e. The van der Waals surface area contributed by atoms with Crippen LogP contribution in [0, 0.1) is 0 Å². The second-order valence-corrected chi connectivity index (χ2v) is 14.6. The van der Waals surface area contributed by atoms with Gasteiger partial charge in [0.05, 0.1) is 11.3 Å². The van der Waals surface area contributed by atoms with Gasteiger partial charge in [0.2, 0.25) is 5.91 Å². The zero-order valence-electron chi connectivity index (χ0n) is 27.3. The number of benzene rings is 2. The maximum Gasteiger partial charge on any atom is 0.410 e. The third kappa shape index (κ3) is 9.16. The van der Waals surface area contributed by atoms with Crippen molar-refractivity contribution in [3.63, 3.8) is 0 Å². The Balaban J connectivity index is 1.87.